The molecule has 1 amide bonds. The van der Waals surface area contributed by atoms with Gasteiger partial charge in [0.25, 0.3) is 5.91 Å². The van der Waals surface area contributed by atoms with E-state index in [4.69, 9.17) is 4.42 Å². The standard InChI is InChI=1S/C17H21NO3S/c1-3-10-18-17(19)16-9-8-15(21-16)12-22(20)11-14-6-4-13(2)5-7-14/h4-9H,3,10-12H2,1-2H3,(H,18,19)/t22-/m0/s1. The predicted octanol–water partition coefficient (Wildman–Crippen LogP) is 3.18. The fraction of sp³-hybridized carbons (Fsp3) is 0.353. The Hall–Kier alpha value is -1.88. The second-order valence-electron chi connectivity index (χ2n) is 5.24. The molecule has 0 aliphatic rings. The Morgan fingerprint density at radius 2 is 1.86 bits per heavy atom. The summed E-state index contributed by atoms with van der Waals surface area (Å²) in [5, 5.41) is 2.75. The Bertz CT molecular complexity index is 646. The average Bonchev–Trinajstić information content (AvgIpc) is 2.95. The molecule has 0 spiro atoms. The van der Waals surface area contributed by atoms with E-state index in [1.165, 1.54) is 5.56 Å². The largest absolute Gasteiger partial charge is 0.455 e. The third kappa shape index (κ3) is 4.84. The van der Waals surface area contributed by atoms with Gasteiger partial charge in [-0.3, -0.25) is 9.00 Å². The first-order valence-corrected chi connectivity index (χ1v) is 8.84. The molecule has 4 nitrogen and oxygen atoms in total. The molecule has 118 valence electrons. The molecule has 0 unspecified atom stereocenters. The molecule has 5 heteroatoms. The van der Waals surface area contributed by atoms with E-state index in [9.17, 15) is 9.00 Å². The number of hydrogen-bond acceptors (Lipinski definition) is 3. The van der Waals surface area contributed by atoms with E-state index in [1.54, 1.807) is 12.1 Å². The van der Waals surface area contributed by atoms with Crippen LogP contribution in [0.25, 0.3) is 0 Å². The van der Waals surface area contributed by atoms with Crippen LogP contribution in [-0.2, 0) is 22.3 Å². The van der Waals surface area contributed by atoms with Gasteiger partial charge < -0.3 is 9.73 Å². The highest BCUT2D eigenvalue weighted by molar-refractivity contribution is 7.83. The number of hydrogen-bond donors (Lipinski definition) is 1. The normalized spacial score (nSPS) is 12.1. The monoisotopic (exact) mass is 319 g/mol. The van der Waals surface area contributed by atoms with E-state index in [0.29, 0.717) is 23.8 Å². The Kier molecular flexibility index (Phi) is 5.95. The van der Waals surface area contributed by atoms with Gasteiger partial charge in [-0.05, 0) is 31.0 Å². The van der Waals surface area contributed by atoms with E-state index in [1.807, 2.05) is 38.1 Å². The second-order valence-corrected chi connectivity index (χ2v) is 6.69. The number of amides is 1. The first-order chi connectivity index (χ1) is 10.6. The van der Waals surface area contributed by atoms with Crippen molar-refractivity contribution in [3.05, 3.63) is 59.0 Å². The van der Waals surface area contributed by atoms with Gasteiger partial charge in [-0.25, -0.2) is 0 Å². The van der Waals surface area contributed by atoms with E-state index in [-0.39, 0.29) is 11.7 Å². The molecule has 1 atom stereocenters. The van der Waals surface area contributed by atoms with Crippen LogP contribution in [0.1, 0.15) is 40.8 Å². The van der Waals surface area contributed by atoms with Crippen LogP contribution in [0.2, 0.25) is 0 Å². The molecular formula is C17H21NO3S. The first-order valence-electron chi connectivity index (χ1n) is 7.36. The van der Waals surface area contributed by atoms with Crippen molar-refractivity contribution in [3.63, 3.8) is 0 Å². The molecule has 1 aromatic carbocycles. The fourth-order valence-corrected chi connectivity index (χ4v) is 3.12. The van der Waals surface area contributed by atoms with Crippen molar-refractivity contribution in [1.29, 1.82) is 0 Å². The van der Waals surface area contributed by atoms with Crippen LogP contribution in [0.5, 0.6) is 0 Å². The lowest BCUT2D eigenvalue weighted by Crippen LogP contribution is -2.23. The number of carbonyl (C=O) groups excluding carboxylic acids is 1. The summed E-state index contributed by atoms with van der Waals surface area (Å²) < 4.78 is 17.6. The highest BCUT2D eigenvalue weighted by Gasteiger charge is 2.12. The van der Waals surface area contributed by atoms with Crippen molar-refractivity contribution < 1.29 is 13.4 Å². The van der Waals surface area contributed by atoms with Crippen molar-refractivity contribution in [2.45, 2.75) is 31.8 Å². The van der Waals surface area contributed by atoms with Gasteiger partial charge >= 0.3 is 0 Å². The molecule has 0 aliphatic heterocycles. The van der Waals surface area contributed by atoms with Gasteiger partial charge in [0.1, 0.15) is 5.76 Å². The van der Waals surface area contributed by atoms with Gasteiger partial charge in [0, 0.05) is 23.1 Å². The van der Waals surface area contributed by atoms with Crippen molar-refractivity contribution in [3.8, 4) is 0 Å². The number of nitrogens with one attached hydrogen (secondary N) is 1. The SMILES string of the molecule is CCCNC(=O)c1ccc(C[S@@](=O)Cc2ccc(C)cc2)o1. The van der Waals surface area contributed by atoms with Crippen molar-refractivity contribution >= 4 is 16.7 Å². The zero-order valence-electron chi connectivity index (χ0n) is 12.9. The average molecular weight is 319 g/mol. The van der Waals surface area contributed by atoms with Crippen LogP contribution < -0.4 is 5.32 Å². The van der Waals surface area contributed by atoms with Gasteiger partial charge in [-0.2, -0.15) is 0 Å². The smallest absolute Gasteiger partial charge is 0.286 e. The lowest BCUT2D eigenvalue weighted by Gasteiger charge is -2.02. The number of carbonyl (C=O) groups is 1. The zero-order valence-corrected chi connectivity index (χ0v) is 13.7. The third-order valence-corrected chi connectivity index (χ3v) is 4.43. The Labute approximate surface area is 133 Å². The van der Waals surface area contributed by atoms with Crippen LogP contribution >= 0.6 is 0 Å². The van der Waals surface area contributed by atoms with Crippen LogP contribution in [0.15, 0.2) is 40.8 Å². The Balaban J connectivity index is 1.90. The minimum atomic E-state index is -1.06. The summed E-state index contributed by atoms with van der Waals surface area (Å²) in [5.41, 5.74) is 2.22. The molecule has 1 aromatic heterocycles. The molecular weight excluding hydrogens is 298 g/mol. The first kappa shape index (κ1) is 16.5. The van der Waals surface area contributed by atoms with Crippen molar-refractivity contribution in [2.75, 3.05) is 6.54 Å². The lowest BCUT2D eigenvalue weighted by atomic mass is 10.2. The minimum Gasteiger partial charge on any atom is -0.455 e. The van der Waals surface area contributed by atoms with E-state index >= 15 is 0 Å². The highest BCUT2D eigenvalue weighted by Crippen LogP contribution is 2.13. The fourth-order valence-electron chi connectivity index (χ4n) is 1.98. The summed E-state index contributed by atoms with van der Waals surface area (Å²) in [6, 6.07) is 11.3. The quantitative estimate of drug-likeness (QED) is 0.852. The number of aryl methyl sites for hydroxylation is 1. The summed E-state index contributed by atoms with van der Waals surface area (Å²) in [6.45, 7) is 4.63. The number of rotatable bonds is 7. The maximum absolute atomic E-state index is 12.2. The van der Waals surface area contributed by atoms with Gasteiger partial charge in [0.15, 0.2) is 5.76 Å². The summed E-state index contributed by atoms with van der Waals surface area (Å²) in [7, 11) is -1.06. The molecule has 1 heterocycles. The molecule has 2 aromatic rings. The summed E-state index contributed by atoms with van der Waals surface area (Å²) >= 11 is 0. The van der Waals surface area contributed by atoms with Crippen molar-refractivity contribution in [1.82, 2.24) is 5.32 Å². The molecule has 22 heavy (non-hydrogen) atoms. The van der Waals surface area contributed by atoms with Crippen LogP contribution in [0, 0.1) is 6.92 Å². The topological polar surface area (TPSA) is 59.3 Å². The minimum absolute atomic E-state index is 0.225. The molecule has 0 aliphatic carbocycles. The lowest BCUT2D eigenvalue weighted by molar-refractivity contribution is 0.0924. The molecule has 0 saturated carbocycles. The number of furan rings is 1. The second kappa shape index (κ2) is 7.94. The van der Waals surface area contributed by atoms with Crippen LogP contribution in [-0.4, -0.2) is 16.7 Å². The maximum atomic E-state index is 12.2. The molecule has 0 radical (unpaired) electrons. The summed E-state index contributed by atoms with van der Waals surface area (Å²) in [4.78, 5) is 11.7. The maximum Gasteiger partial charge on any atom is 0.286 e. The molecule has 2 rings (SSSR count). The molecule has 0 fully saturated rings. The number of benzene rings is 1. The highest BCUT2D eigenvalue weighted by atomic mass is 32.2. The van der Waals surface area contributed by atoms with Crippen LogP contribution in [0.4, 0.5) is 0 Å². The molecule has 0 bridgehead atoms. The Morgan fingerprint density at radius 3 is 2.55 bits per heavy atom. The van der Waals surface area contributed by atoms with Gasteiger partial charge in [0.2, 0.25) is 0 Å². The summed E-state index contributed by atoms with van der Waals surface area (Å²) in [6.07, 6.45) is 0.875. The molecule has 0 saturated heterocycles. The third-order valence-electron chi connectivity index (χ3n) is 3.17. The van der Waals surface area contributed by atoms with E-state index in [0.717, 1.165) is 12.0 Å². The predicted molar refractivity (Wildman–Crippen MR) is 88.1 cm³/mol. The van der Waals surface area contributed by atoms with Gasteiger partial charge in [-0.15, -0.1) is 0 Å². The van der Waals surface area contributed by atoms with Crippen molar-refractivity contribution in [2.24, 2.45) is 0 Å². The molecule has 1 N–H and O–H groups in total. The Morgan fingerprint density at radius 1 is 1.14 bits per heavy atom. The summed E-state index contributed by atoms with van der Waals surface area (Å²) in [5.74, 6) is 1.42. The van der Waals surface area contributed by atoms with Gasteiger partial charge in [-0.1, -0.05) is 36.8 Å². The van der Waals surface area contributed by atoms with E-state index < -0.39 is 10.8 Å². The zero-order chi connectivity index (χ0) is 15.9. The van der Waals surface area contributed by atoms with Crippen LogP contribution in [0.3, 0.4) is 0 Å². The van der Waals surface area contributed by atoms with Gasteiger partial charge in [0.05, 0.1) is 5.75 Å². The van der Waals surface area contributed by atoms with E-state index in [2.05, 4.69) is 5.32 Å².